The number of carboxylic acids is 1. The second-order valence-corrected chi connectivity index (χ2v) is 5.25. The maximum Gasteiger partial charge on any atom is 0.326 e. The highest BCUT2D eigenvalue weighted by molar-refractivity contribution is 5.86. The Hall–Kier alpha value is -1.10. The van der Waals surface area contributed by atoms with Crippen molar-refractivity contribution >= 4 is 11.9 Å². The monoisotopic (exact) mass is 241 g/mol. The van der Waals surface area contributed by atoms with Crippen LogP contribution in [0.1, 0.15) is 32.6 Å². The van der Waals surface area contributed by atoms with Crippen molar-refractivity contribution in [3.63, 3.8) is 0 Å². The summed E-state index contributed by atoms with van der Waals surface area (Å²) < 4.78 is 0. The summed E-state index contributed by atoms with van der Waals surface area (Å²) in [5.74, 6) is -0.823. The number of amides is 1. The lowest BCUT2D eigenvalue weighted by atomic mass is 9.96. The fraction of sp³-hybridized carbons (Fsp3) is 0.833. The van der Waals surface area contributed by atoms with Gasteiger partial charge in [0.1, 0.15) is 6.04 Å². The van der Waals surface area contributed by atoms with Crippen molar-refractivity contribution in [1.82, 2.24) is 4.90 Å². The van der Waals surface area contributed by atoms with Crippen LogP contribution in [0, 0.1) is 11.8 Å². The summed E-state index contributed by atoms with van der Waals surface area (Å²) in [5, 5.41) is 18.6. The van der Waals surface area contributed by atoms with E-state index in [4.69, 9.17) is 5.11 Å². The van der Waals surface area contributed by atoms with Crippen molar-refractivity contribution in [2.24, 2.45) is 11.8 Å². The van der Waals surface area contributed by atoms with E-state index in [2.05, 4.69) is 0 Å². The van der Waals surface area contributed by atoms with Gasteiger partial charge in [0.25, 0.3) is 0 Å². The molecule has 2 N–H and O–H groups in total. The molecule has 1 aliphatic heterocycles. The molecular formula is C12H19NO4. The Morgan fingerprint density at radius 1 is 1.29 bits per heavy atom. The highest BCUT2D eigenvalue weighted by Gasteiger charge is 2.43. The summed E-state index contributed by atoms with van der Waals surface area (Å²) in [7, 11) is 0. The maximum absolute atomic E-state index is 12.3. The largest absolute Gasteiger partial charge is 0.480 e. The highest BCUT2D eigenvalue weighted by atomic mass is 16.4. The Balaban J connectivity index is 2.10. The number of nitrogens with zero attached hydrogens (tertiary/aromatic N) is 1. The van der Waals surface area contributed by atoms with Gasteiger partial charge in [-0.15, -0.1) is 0 Å². The Kier molecular flexibility index (Phi) is 3.38. The zero-order valence-corrected chi connectivity index (χ0v) is 10.0. The molecule has 1 saturated heterocycles. The van der Waals surface area contributed by atoms with Gasteiger partial charge in [-0.25, -0.2) is 4.79 Å². The molecule has 1 heterocycles. The van der Waals surface area contributed by atoms with Gasteiger partial charge in [-0.3, -0.25) is 4.79 Å². The molecule has 0 aromatic heterocycles. The van der Waals surface area contributed by atoms with Gasteiger partial charge in [0.15, 0.2) is 0 Å². The van der Waals surface area contributed by atoms with Crippen LogP contribution < -0.4 is 0 Å². The van der Waals surface area contributed by atoms with E-state index in [0.717, 1.165) is 19.3 Å². The number of carbonyl (C=O) groups is 2. The number of aliphatic hydroxyl groups is 1. The molecule has 0 aromatic rings. The molecule has 2 aliphatic rings. The number of likely N-dealkylation sites (tertiary alicyclic amines) is 1. The van der Waals surface area contributed by atoms with Crippen molar-refractivity contribution in [2.75, 3.05) is 6.54 Å². The summed E-state index contributed by atoms with van der Waals surface area (Å²) in [6.45, 7) is 2.21. The molecule has 0 spiro atoms. The molecule has 2 unspecified atom stereocenters. The molecule has 5 nitrogen and oxygen atoms in total. The van der Waals surface area contributed by atoms with E-state index in [1.807, 2.05) is 6.92 Å². The normalized spacial score (nSPS) is 37.4. The van der Waals surface area contributed by atoms with Gasteiger partial charge in [0, 0.05) is 18.9 Å². The van der Waals surface area contributed by atoms with E-state index in [1.165, 1.54) is 4.90 Å². The number of carbonyl (C=O) groups excluding carboxylic acids is 1. The third-order valence-corrected chi connectivity index (χ3v) is 4.03. The van der Waals surface area contributed by atoms with Crippen molar-refractivity contribution < 1.29 is 19.8 Å². The molecule has 1 amide bonds. The highest BCUT2D eigenvalue weighted by Crippen LogP contribution is 2.34. The first-order valence-corrected chi connectivity index (χ1v) is 6.22. The summed E-state index contributed by atoms with van der Waals surface area (Å²) in [6.07, 6.45) is 2.37. The van der Waals surface area contributed by atoms with Gasteiger partial charge >= 0.3 is 5.97 Å². The van der Waals surface area contributed by atoms with Crippen LogP contribution in [-0.2, 0) is 9.59 Å². The number of aliphatic hydroxyl groups excluding tert-OH is 1. The first-order chi connectivity index (χ1) is 8.00. The van der Waals surface area contributed by atoms with E-state index in [9.17, 15) is 14.7 Å². The number of rotatable bonds is 2. The summed E-state index contributed by atoms with van der Waals surface area (Å²) in [5.41, 5.74) is 0. The summed E-state index contributed by atoms with van der Waals surface area (Å²) in [4.78, 5) is 24.7. The average molecular weight is 241 g/mol. The fourth-order valence-corrected chi connectivity index (χ4v) is 3.02. The molecule has 2 rings (SSSR count). The average Bonchev–Trinajstić information content (AvgIpc) is 2.83. The van der Waals surface area contributed by atoms with Crippen molar-refractivity contribution in [2.45, 2.75) is 44.8 Å². The van der Waals surface area contributed by atoms with Crippen LogP contribution in [0.5, 0.6) is 0 Å². The second kappa shape index (κ2) is 4.64. The van der Waals surface area contributed by atoms with E-state index >= 15 is 0 Å². The van der Waals surface area contributed by atoms with Gasteiger partial charge in [0.2, 0.25) is 5.91 Å². The predicted octanol–water partition coefficient (Wildman–Crippen LogP) is 0.469. The number of hydrogen-bond donors (Lipinski definition) is 2. The van der Waals surface area contributed by atoms with Gasteiger partial charge in [-0.2, -0.15) is 0 Å². The first kappa shape index (κ1) is 12.4. The molecule has 0 bridgehead atoms. The van der Waals surface area contributed by atoms with Crippen LogP contribution >= 0.6 is 0 Å². The molecule has 0 radical (unpaired) electrons. The van der Waals surface area contributed by atoms with Crippen LogP contribution in [0.15, 0.2) is 0 Å². The number of carboxylic acid groups (broad SMARTS) is 1. The minimum Gasteiger partial charge on any atom is -0.480 e. The molecule has 17 heavy (non-hydrogen) atoms. The van der Waals surface area contributed by atoms with Crippen LogP contribution in [0.3, 0.4) is 0 Å². The molecule has 1 aliphatic carbocycles. The van der Waals surface area contributed by atoms with Gasteiger partial charge < -0.3 is 15.1 Å². The van der Waals surface area contributed by atoms with Crippen LogP contribution in [0.25, 0.3) is 0 Å². The number of aliphatic carboxylic acids is 1. The van der Waals surface area contributed by atoms with Gasteiger partial charge in [-0.05, 0) is 18.8 Å². The van der Waals surface area contributed by atoms with Gasteiger partial charge in [0.05, 0.1) is 6.10 Å². The molecule has 5 heteroatoms. The van der Waals surface area contributed by atoms with Crippen LogP contribution in [0.4, 0.5) is 0 Å². The smallest absolute Gasteiger partial charge is 0.326 e. The van der Waals surface area contributed by atoms with Crippen molar-refractivity contribution in [3.05, 3.63) is 0 Å². The fourth-order valence-electron chi connectivity index (χ4n) is 3.02. The standard InChI is InChI=1S/C12H19NO4/c1-7-3-2-4-9(7)11(15)13-6-8(14)5-10(13)12(16)17/h7-10,14H,2-6H2,1H3,(H,16,17)/t7?,8-,9?,10-/m1/s1. The topological polar surface area (TPSA) is 77.8 Å². The molecule has 0 aromatic carbocycles. The van der Waals surface area contributed by atoms with E-state index < -0.39 is 18.1 Å². The summed E-state index contributed by atoms with van der Waals surface area (Å²) >= 11 is 0. The quantitative estimate of drug-likeness (QED) is 0.736. The van der Waals surface area contributed by atoms with Crippen molar-refractivity contribution in [1.29, 1.82) is 0 Å². The zero-order valence-electron chi connectivity index (χ0n) is 10.0. The Morgan fingerprint density at radius 3 is 2.53 bits per heavy atom. The molecule has 4 atom stereocenters. The van der Waals surface area contributed by atoms with Crippen LogP contribution in [-0.4, -0.2) is 45.7 Å². The molecule has 2 fully saturated rings. The molecule has 96 valence electrons. The molecule has 1 saturated carbocycles. The van der Waals surface area contributed by atoms with Gasteiger partial charge in [-0.1, -0.05) is 13.3 Å². The first-order valence-electron chi connectivity index (χ1n) is 6.22. The SMILES string of the molecule is CC1CCCC1C(=O)N1C[C@H](O)C[C@@H]1C(=O)O. The van der Waals surface area contributed by atoms with E-state index in [1.54, 1.807) is 0 Å². The summed E-state index contributed by atoms with van der Waals surface area (Å²) in [6, 6.07) is -0.842. The van der Waals surface area contributed by atoms with E-state index in [0.29, 0.717) is 5.92 Å². The number of β-amino-alcohol motifs (C(OH)–C–C–N with tert-alkyl or cyclic N) is 1. The lowest BCUT2D eigenvalue weighted by Gasteiger charge is -2.26. The van der Waals surface area contributed by atoms with Crippen LogP contribution in [0.2, 0.25) is 0 Å². The Morgan fingerprint density at radius 2 is 2.00 bits per heavy atom. The third kappa shape index (κ3) is 2.29. The lowest BCUT2D eigenvalue weighted by Crippen LogP contribution is -2.44. The minimum absolute atomic E-state index is 0.0536. The molecular weight excluding hydrogens is 222 g/mol. The van der Waals surface area contributed by atoms with Crippen molar-refractivity contribution in [3.8, 4) is 0 Å². The second-order valence-electron chi connectivity index (χ2n) is 5.25. The maximum atomic E-state index is 12.3. The Bertz CT molecular complexity index is 330. The zero-order chi connectivity index (χ0) is 12.6. The minimum atomic E-state index is -1.01. The predicted molar refractivity (Wildman–Crippen MR) is 60.3 cm³/mol. The third-order valence-electron chi connectivity index (χ3n) is 4.03. The number of hydrogen-bond acceptors (Lipinski definition) is 3. The van der Waals surface area contributed by atoms with E-state index in [-0.39, 0.29) is 24.8 Å². The lowest BCUT2D eigenvalue weighted by molar-refractivity contribution is -0.150. The Labute approximate surface area is 100 Å².